The van der Waals surface area contributed by atoms with E-state index in [1.807, 2.05) is 80.2 Å². The largest absolute Gasteiger partial charge is 0.469 e. The molecule has 8 heterocycles. The van der Waals surface area contributed by atoms with Crippen molar-refractivity contribution in [3.63, 3.8) is 0 Å². The van der Waals surface area contributed by atoms with E-state index in [1.165, 1.54) is 69.7 Å². The van der Waals surface area contributed by atoms with Crippen molar-refractivity contribution in [3.05, 3.63) is 29.8 Å². The van der Waals surface area contributed by atoms with Gasteiger partial charge in [-0.3, -0.25) is 0 Å². The third kappa shape index (κ3) is 2.59. The zero-order chi connectivity index (χ0) is 23.2. The molecule has 0 radical (unpaired) electrons. The van der Waals surface area contributed by atoms with Crippen LogP contribution in [0, 0.1) is 6.92 Å². The maximum Gasteiger partial charge on any atom is 0.192 e. The molecule has 0 N–H and O–H groups in total. The van der Waals surface area contributed by atoms with E-state index in [2.05, 4.69) is 49.6 Å². The van der Waals surface area contributed by atoms with Gasteiger partial charge in [-0.2, -0.15) is 0 Å². The molecule has 3 nitrogen and oxygen atoms in total. The monoisotopic (exact) mass is 585 g/mol. The van der Waals surface area contributed by atoms with E-state index in [-0.39, 0.29) is 10.9 Å². The van der Waals surface area contributed by atoms with Crippen molar-refractivity contribution < 1.29 is 9.47 Å². The summed E-state index contributed by atoms with van der Waals surface area (Å²) in [6.07, 6.45) is 0. The number of nitrogens with zero attached hydrogens (tertiary/aromatic N) is 1. The van der Waals surface area contributed by atoms with Gasteiger partial charge < -0.3 is 14.0 Å². The average Bonchev–Trinajstić information content (AvgIpc) is 3.63. The van der Waals surface area contributed by atoms with Crippen LogP contribution in [0.5, 0.6) is 10.1 Å². The molecule has 0 amide bonds. The number of ether oxygens (including phenoxy) is 2. The number of fused-ring (bicyclic) bond motifs is 13. The fraction of sp³-hybridized carbons (Fsp3) is 0.200. The number of hydrogen-bond donors (Lipinski definition) is 0. The second-order valence-electron chi connectivity index (χ2n) is 8.85. The summed E-state index contributed by atoms with van der Waals surface area (Å²) < 4.78 is 26.1. The zero-order valence-corrected chi connectivity index (χ0v) is 24.3. The standard InChI is InChI=1S/C25H15NO2S7/c1-8-4-6-11(7-5-8)26-12-14(15-13(26)17-24(34-15)27-9(2)29-17)31-18-16(12)32-20-19(18)33-22-21(20)35-25-23(22)30-10(3)28-25/h4-7,9-10H,1-3H3. The van der Waals surface area contributed by atoms with Gasteiger partial charge in [-0.25, -0.2) is 0 Å². The summed E-state index contributed by atoms with van der Waals surface area (Å²) in [5.74, 6) is 0. The summed E-state index contributed by atoms with van der Waals surface area (Å²) in [6, 6.07) is 8.97. The van der Waals surface area contributed by atoms with Gasteiger partial charge in [-0.1, -0.05) is 63.9 Å². The fourth-order valence-corrected chi connectivity index (χ4v) is 14.9. The lowest BCUT2D eigenvalue weighted by Crippen LogP contribution is -1.97. The zero-order valence-electron chi connectivity index (χ0n) is 18.6. The Morgan fingerprint density at radius 1 is 0.600 bits per heavy atom. The van der Waals surface area contributed by atoms with Gasteiger partial charge in [0.05, 0.1) is 58.4 Å². The molecule has 0 saturated carbocycles. The van der Waals surface area contributed by atoms with Crippen LogP contribution in [0.4, 0.5) is 0 Å². The van der Waals surface area contributed by atoms with Crippen LogP contribution in [0.2, 0.25) is 0 Å². The van der Waals surface area contributed by atoms with E-state index in [1.54, 1.807) is 0 Å². The molecule has 7 aromatic rings. The number of benzene rings is 1. The van der Waals surface area contributed by atoms with Crippen molar-refractivity contribution >= 4 is 129 Å². The molecule has 9 rings (SSSR count). The fourth-order valence-electron chi connectivity index (χ4n) is 5.08. The molecule has 174 valence electrons. The quantitative estimate of drug-likeness (QED) is 0.191. The lowest BCUT2D eigenvalue weighted by Gasteiger charge is -2.08. The molecule has 0 spiro atoms. The van der Waals surface area contributed by atoms with Crippen molar-refractivity contribution in [2.45, 2.75) is 41.4 Å². The predicted molar refractivity (Wildman–Crippen MR) is 159 cm³/mol. The Morgan fingerprint density at radius 2 is 1.11 bits per heavy atom. The van der Waals surface area contributed by atoms with Crippen LogP contribution in [-0.2, 0) is 0 Å². The molecule has 2 atom stereocenters. The van der Waals surface area contributed by atoms with E-state index >= 15 is 0 Å². The molecule has 0 saturated heterocycles. The van der Waals surface area contributed by atoms with Crippen molar-refractivity contribution in [2.24, 2.45) is 0 Å². The summed E-state index contributed by atoms with van der Waals surface area (Å²) in [7, 11) is 0. The van der Waals surface area contributed by atoms with E-state index in [4.69, 9.17) is 9.47 Å². The van der Waals surface area contributed by atoms with Crippen molar-refractivity contribution in [3.8, 4) is 15.8 Å². The van der Waals surface area contributed by atoms with Gasteiger partial charge in [0.25, 0.3) is 0 Å². The highest BCUT2D eigenvalue weighted by molar-refractivity contribution is 8.01. The number of hydrogen-bond acceptors (Lipinski definition) is 9. The number of thiophene rings is 5. The molecule has 6 aromatic heterocycles. The lowest BCUT2D eigenvalue weighted by atomic mass is 10.2. The Balaban J connectivity index is 1.41. The summed E-state index contributed by atoms with van der Waals surface area (Å²) in [5.41, 5.74) is 5.59. The highest BCUT2D eigenvalue weighted by Crippen LogP contribution is 2.61. The summed E-state index contributed by atoms with van der Waals surface area (Å²) in [6.45, 7) is 6.43. The first-order valence-corrected chi connectivity index (χ1v) is 17.0. The molecule has 2 aliphatic heterocycles. The molecule has 0 aliphatic carbocycles. The first kappa shape index (κ1) is 20.6. The van der Waals surface area contributed by atoms with Gasteiger partial charge in [0, 0.05) is 5.69 Å². The SMILES string of the molecule is Cc1ccc(-n2c3c4c(sc3c3sc5c6sc7c8c(sc7c6sc5c32)OC(C)S8)OC(C)S4)cc1. The molecule has 2 aliphatic rings. The number of thioether (sulfide) groups is 2. The topological polar surface area (TPSA) is 23.4 Å². The molecule has 35 heavy (non-hydrogen) atoms. The van der Waals surface area contributed by atoms with Crippen LogP contribution in [0.3, 0.4) is 0 Å². The number of rotatable bonds is 1. The van der Waals surface area contributed by atoms with E-state index in [0.717, 1.165) is 10.1 Å². The Labute approximate surface area is 228 Å². The van der Waals surface area contributed by atoms with Crippen molar-refractivity contribution in [1.82, 2.24) is 4.57 Å². The molecule has 1 aromatic carbocycles. The second kappa shape index (κ2) is 6.92. The van der Waals surface area contributed by atoms with E-state index < -0.39 is 0 Å². The Hall–Kier alpha value is -1.40. The molecular weight excluding hydrogens is 571 g/mol. The minimum Gasteiger partial charge on any atom is -0.469 e. The Morgan fingerprint density at radius 3 is 1.86 bits per heavy atom. The maximum atomic E-state index is 6.18. The Kier molecular flexibility index (Phi) is 4.08. The number of aromatic nitrogens is 1. The summed E-state index contributed by atoms with van der Waals surface area (Å²) >= 11 is 13.3. The normalized spacial score (nSPS) is 19.5. The van der Waals surface area contributed by atoms with Gasteiger partial charge in [0.15, 0.2) is 10.1 Å². The summed E-state index contributed by atoms with van der Waals surface area (Å²) in [5, 5.41) is 2.19. The van der Waals surface area contributed by atoms with Gasteiger partial charge in [0.1, 0.15) is 10.9 Å². The van der Waals surface area contributed by atoms with Crippen molar-refractivity contribution in [2.75, 3.05) is 0 Å². The molecule has 0 fully saturated rings. The van der Waals surface area contributed by atoms with Gasteiger partial charge in [-0.15, -0.1) is 34.0 Å². The van der Waals surface area contributed by atoms with Crippen molar-refractivity contribution in [1.29, 1.82) is 0 Å². The van der Waals surface area contributed by atoms with Crippen LogP contribution in [0.1, 0.15) is 19.4 Å². The van der Waals surface area contributed by atoms with Crippen LogP contribution < -0.4 is 9.47 Å². The highest BCUT2D eigenvalue weighted by Gasteiger charge is 2.33. The third-order valence-corrected chi connectivity index (χ3v) is 15.6. The predicted octanol–water partition coefficient (Wildman–Crippen LogP) is 10.5. The van der Waals surface area contributed by atoms with Gasteiger partial charge >= 0.3 is 0 Å². The number of aryl methyl sites for hydroxylation is 1. The minimum absolute atomic E-state index is 0.170. The van der Waals surface area contributed by atoms with Crippen LogP contribution >= 0.6 is 80.2 Å². The van der Waals surface area contributed by atoms with Crippen LogP contribution in [-0.4, -0.2) is 15.4 Å². The minimum atomic E-state index is 0.170. The van der Waals surface area contributed by atoms with Gasteiger partial charge in [-0.05, 0) is 32.9 Å². The average molecular weight is 586 g/mol. The van der Waals surface area contributed by atoms with E-state index in [0.29, 0.717) is 0 Å². The molecule has 10 heteroatoms. The molecule has 0 bridgehead atoms. The third-order valence-electron chi connectivity index (χ3n) is 6.53. The smallest absolute Gasteiger partial charge is 0.192 e. The van der Waals surface area contributed by atoms with Crippen LogP contribution in [0.15, 0.2) is 34.1 Å². The van der Waals surface area contributed by atoms with Crippen LogP contribution in [0.25, 0.3) is 54.3 Å². The second-order valence-corrected chi connectivity index (χ2v) is 16.5. The Bertz CT molecular complexity index is 2010. The van der Waals surface area contributed by atoms with Gasteiger partial charge in [0.2, 0.25) is 0 Å². The first-order chi connectivity index (χ1) is 17.0. The lowest BCUT2D eigenvalue weighted by molar-refractivity contribution is 0.324. The first-order valence-electron chi connectivity index (χ1n) is 11.2. The molecular formula is C25H15NO2S7. The molecule has 2 unspecified atom stereocenters. The van der Waals surface area contributed by atoms with E-state index in [9.17, 15) is 0 Å². The highest BCUT2D eigenvalue weighted by atomic mass is 32.2. The maximum absolute atomic E-state index is 6.18. The summed E-state index contributed by atoms with van der Waals surface area (Å²) in [4.78, 5) is 2.65.